The smallest absolute Gasteiger partial charge is 0.127 e. The van der Waals surface area contributed by atoms with Gasteiger partial charge >= 0.3 is 0 Å². The van der Waals surface area contributed by atoms with Gasteiger partial charge in [-0.1, -0.05) is 50.3 Å². The second-order valence-corrected chi connectivity index (χ2v) is 6.90. The van der Waals surface area contributed by atoms with E-state index in [4.69, 9.17) is 9.47 Å². The Morgan fingerprint density at radius 3 is 2.62 bits per heavy atom. The van der Waals surface area contributed by atoms with Gasteiger partial charge in [0.15, 0.2) is 0 Å². The van der Waals surface area contributed by atoms with Gasteiger partial charge < -0.3 is 14.8 Å². The van der Waals surface area contributed by atoms with E-state index in [-0.39, 0.29) is 5.41 Å². The Morgan fingerprint density at radius 1 is 1.08 bits per heavy atom. The van der Waals surface area contributed by atoms with Crippen molar-refractivity contribution in [1.82, 2.24) is 5.32 Å². The summed E-state index contributed by atoms with van der Waals surface area (Å²) in [5.41, 5.74) is 3.65. The molecule has 2 aromatic carbocycles. The molecule has 0 aliphatic carbocycles. The molecule has 3 nitrogen and oxygen atoms in total. The normalized spacial score (nSPS) is 15.7. The quantitative estimate of drug-likeness (QED) is 0.890. The molecule has 0 aromatic heterocycles. The minimum atomic E-state index is -0.00395. The van der Waals surface area contributed by atoms with E-state index in [1.54, 1.807) is 7.11 Å². The van der Waals surface area contributed by atoms with E-state index in [1.165, 1.54) is 11.1 Å². The summed E-state index contributed by atoms with van der Waals surface area (Å²) in [4.78, 5) is 0. The lowest BCUT2D eigenvalue weighted by molar-refractivity contribution is 0.224. The van der Waals surface area contributed by atoms with Crippen LogP contribution in [0, 0.1) is 5.41 Å². The molecule has 0 spiro atoms. The molecule has 3 heteroatoms. The molecule has 3 rings (SSSR count). The Morgan fingerprint density at radius 2 is 1.88 bits per heavy atom. The second kappa shape index (κ2) is 7.10. The number of ether oxygens (including phenoxy) is 2. The van der Waals surface area contributed by atoms with Crippen LogP contribution in [0.2, 0.25) is 0 Å². The molecular formula is C21H25NO2. The van der Waals surface area contributed by atoms with Crippen LogP contribution in [0.4, 0.5) is 0 Å². The van der Waals surface area contributed by atoms with Gasteiger partial charge in [0.25, 0.3) is 0 Å². The topological polar surface area (TPSA) is 30.5 Å². The summed E-state index contributed by atoms with van der Waals surface area (Å²) in [5.74, 6) is 1.78. The number of hydrogen-bond donors (Lipinski definition) is 1. The van der Waals surface area contributed by atoms with Crippen LogP contribution < -0.4 is 14.8 Å². The Labute approximate surface area is 144 Å². The zero-order valence-corrected chi connectivity index (χ0v) is 14.6. The molecule has 0 saturated carbocycles. The summed E-state index contributed by atoms with van der Waals surface area (Å²) >= 11 is 0. The number of rotatable bonds is 5. The standard InChI is InChI=1S/C21H25NO2/c1-21(2)12-17(14-22-13-16-7-5-4-6-8-16)19-11-18(23-3)9-10-20(19)24-15-21/h4-12,22H,13-15H2,1-3H3. The highest BCUT2D eigenvalue weighted by Gasteiger charge is 2.24. The zero-order chi connectivity index (χ0) is 17.0. The van der Waals surface area contributed by atoms with Crippen LogP contribution in [-0.2, 0) is 6.54 Å². The molecule has 1 heterocycles. The first-order valence-electron chi connectivity index (χ1n) is 8.35. The van der Waals surface area contributed by atoms with Crippen molar-refractivity contribution in [3.05, 3.63) is 65.7 Å². The van der Waals surface area contributed by atoms with Crippen molar-refractivity contribution < 1.29 is 9.47 Å². The Balaban J connectivity index is 1.82. The Bertz CT molecular complexity index is 720. The minimum absolute atomic E-state index is 0.00395. The molecule has 0 saturated heterocycles. The van der Waals surface area contributed by atoms with Crippen LogP contribution in [0.25, 0.3) is 5.57 Å². The van der Waals surface area contributed by atoms with Gasteiger partial charge in [0.1, 0.15) is 11.5 Å². The third-order valence-corrected chi connectivity index (χ3v) is 4.18. The summed E-state index contributed by atoms with van der Waals surface area (Å²) in [6.07, 6.45) is 2.32. The summed E-state index contributed by atoms with van der Waals surface area (Å²) < 4.78 is 11.4. The van der Waals surface area contributed by atoms with Crippen LogP contribution in [0.15, 0.2) is 54.6 Å². The summed E-state index contributed by atoms with van der Waals surface area (Å²) in [5, 5.41) is 3.55. The number of benzene rings is 2. The van der Waals surface area contributed by atoms with Crippen molar-refractivity contribution in [2.24, 2.45) is 5.41 Å². The highest BCUT2D eigenvalue weighted by Crippen LogP contribution is 2.36. The number of methoxy groups -OCH3 is 1. The van der Waals surface area contributed by atoms with Crippen molar-refractivity contribution in [2.45, 2.75) is 20.4 Å². The maximum atomic E-state index is 6.02. The average Bonchev–Trinajstić information content (AvgIpc) is 2.72. The lowest BCUT2D eigenvalue weighted by Gasteiger charge is -2.18. The first kappa shape index (κ1) is 16.6. The molecule has 126 valence electrons. The van der Waals surface area contributed by atoms with E-state index in [1.807, 2.05) is 18.2 Å². The van der Waals surface area contributed by atoms with Gasteiger partial charge in [0, 0.05) is 24.1 Å². The summed E-state index contributed by atoms with van der Waals surface area (Å²) in [6.45, 7) is 6.72. The van der Waals surface area contributed by atoms with E-state index in [0.29, 0.717) is 6.61 Å². The van der Waals surface area contributed by atoms with Gasteiger partial charge in [-0.05, 0) is 29.3 Å². The van der Waals surface area contributed by atoms with Gasteiger partial charge in [0.2, 0.25) is 0 Å². The van der Waals surface area contributed by atoms with Crippen LogP contribution >= 0.6 is 0 Å². The Hall–Kier alpha value is -2.26. The molecule has 0 atom stereocenters. The molecule has 1 aliphatic heterocycles. The average molecular weight is 323 g/mol. The fourth-order valence-electron chi connectivity index (χ4n) is 2.95. The second-order valence-electron chi connectivity index (χ2n) is 6.90. The largest absolute Gasteiger partial charge is 0.497 e. The molecule has 0 amide bonds. The van der Waals surface area contributed by atoms with Crippen molar-refractivity contribution >= 4 is 5.57 Å². The van der Waals surface area contributed by atoms with Crippen molar-refractivity contribution in [1.29, 1.82) is 0 Å². The van der Waals surface area contributed by atoms with Crippen LogP contribution in [0.3, 0.4) is 0 Å². The molecule has 24 heavy (non-hydrogen) atoms. The number of fused-ring (bicyclic) bond motifs is 1. The molecule has 0 bridgehead atoms. The first-order chi connectivity index (χ1) is 11.6. The van der Waals surface area contributed by atoms with E-state index in [9.17, 15) is 0 Å². The molecule has 1 aliphatic rings. The Kier molecular flexibility index (Phi) is 4.91. The predicted octanol–water partition coefficient (Wildman–Crippen LogP) is 4.29. The highest BCUT2D eigenvalue weighted by molar-refractivity contribution is 5.74. The maximum Gasteiger partial charge on any atom is 0.127 e. The maximum absolute atomic E-state index is 6.02. The molecule has 0 radical (unpaired) electrons. The van der Waals surface area contributed by atoms with Gasteiger partial charge in [-0.25, -0.2) is 0 Å². The van der Waals surface area contributed by atoms with Crippen molar-refractivity contribution in [3.63, 3.8) is 0 Å². The van der Waals surface area contributed by atoms with E-state index >= 15 is 0 Å². The number of hydrogen-bond acceptors (Lipinski definition) is 3. The fraction of sp³-hybridized carbons (Fsp3) is 0.333. The third-order valence-electron chi connectivity index (χ3n) is 4.18. The molecule has 0 fully saturated rings. The van der Waals surface area contributed by atoms with Crippen LogP contribution in [0.1, 0.15) is 25.0 Å². The van der Waals surface area contributed by atoms with Crippen LogP contribution in [0.5, 0.6) is 11.5 Å². The predicted molar refractivity (Wildman–Crippen MR) is 98.4 cm³/mol. The van der Waals surface area contributed by atoms with Gasteiger partial charge in [-0.2, -0.15) is 0 Å². The molecular weight excluding hydrogens is 298 g/mol. The molecule has 0 unspecified atom stereocenters. The number of nitrogens with one attached hydrogen (secondary N) is 1. The minimum Gasteiger partial charge on any atom is -0.497 e. The SMILES string of the molecule is COc1ccc2c(c1)C(CNCc1ccccc1)=CC(C)(C)CO2. The van der Waals surface area contributed by atoms with Gasteiger partial charge in [-0.15, -0.1) is 0 Å². The summed E-state index contributed by atoms with van der Waals surface area (Å²) in [7, 11) is 1.69. The van der Waals surface area contributed by atoms with E-state index in [2.05, 4.69) is 55.6 Å². The zero-order valence-electron chi connectivity index (χ0n) is 14.6. The van der Waals surface area contributed by atoms with E-state index < -0.39 is 0 Å². The summed E-state index contributed by atoms with van der Waals surface area (Å²) in [6, 6.07) is 16.5. The van der Waals surface area contributed by atoms with E-state index in [0.717, 1.165) is 30.2 Å². The first-order valence-corrected chi connectivity index (χ1v) is 8.35. The van der Waals surface area contributed by atoms with Gasteiger partial charge in [-0.3, -0.25) is 0 Å². The monoisotopic (exact) mass is 323 g/mol. The molecule has 1 N–H and O–H groups in total. The lowest BCUT2D eigenvalue weighted by atomic mass is 9.90. The van der Waals surface area contributed by atoms with Crippen molar-refractivity contribution in [2.75, 3.05) is 20.3 Å². The van der Waals surface area contributed by atoms with Crippen molar-refractivity contribution in [3.8, 4) is 11.5 Å². The third kappa shape index (κ3) is 3.98. The van der Waals surface area contributed by atoms with Gasteiger partial charge in [0.05, 0.1) is 13.7 Å². The van der Waals surface area contributed by atoms with Crippen LogP contribution in [-0.4, -0.2) is 20.3 Å². The highest BCUT2D eigenvalue weighted by atomic mass is 16.5. The molecule has 2 aromatic rings. The lowest BCUT2D eigenvalue weighted by Crippen LogP contribution is -2.19. The fourth-order valence-corrected chi connectivity index (χ4v) is 2.95.